The molecule has 0 saturated carbocycles. The highest BCUT2D eigenvalue weighted by Gasteiger charge is 2.44. The second-order valence-corrected chi connectivity index (χ2v) is 8.98. The van der Waals surface area contributed by atoms with Gasteiger partial charge in [-0.15, -0.1) is 0 Å². The Kier molecular flexibility index (Phi) is 5.37. The molecule has 7 heteroatoms. The number of carbonyl (C=O) groups is 1. The van der Waals surface area contributed by atoms with Crippen LogP contribution in [0.2, 0.25) is 5.02 Å². The number of benzene rings is 2. The summed E-state index contributed by atoms with van der Waals surface area (Å²) in [5.74, 6) is -0.885. The summed E-state index contributed by atoms with van der Waals surface area (Å²) >= 11 is 5.89. The van der Waals surface area contributed by atoms with Crippen LogP contribution in [0.1, 0.15) is 18.4 Å². The minimum atomic E-state index is -3.59. The quantitative estimate of drug-likeness (QED) is 0.844. The lowest BCUT2D eigenvalue weighted by atomic mass is 9.74. The summed E-state index contributed by atoms with van der Waals surface area (Å²) in [5, 5.41) is 10.4. The van der Waals surface area contributed by atoms with Crippen molar-refractivity contribution in [3.63, 3.8) is 0 Å². The first-order valence-corrected chi connectivity index (χ1v) is 10.2. The Hall–Kier alpha value is -1.89. The van der Waals surface area contributed by atoms with Crippen LogP contribution in [-0.4, -0.2) is 36.9 Å². The average Bonchev–Trinajstić information content (AvgIpc) is 2.65. The van der Waals surface area contributed by atoms with Crippen molar-refractivity contribution in [1.29, 1.82) is 0 Å². The number of carboxylic acid groups (broad SMARTS) is 1. The molecule has 0 amide bonds. The molecular weight excluding hydrogens is 374 g/mol. The summed E-state index contributed by atoms with van der Waals surface area (Å²) in [6, 6.07) is 15.3. The van der Waals surface area contributed by atoms with Gasteiger partial charge in [0.25, 0.3) is 0 Å². The highest BCUT2D eigenvalue weighted by Crippen LogP contribution is 2.37. The summed E-state index contributed by atoms with van der Waals surface area (Å²) in [6.07, 6.45) is 0.909. The summed E-state index contributed by atoms with van der Waals surface area (Å²) < 4.78 is 26.8. The number of halogens is 1. The first kappa shape index (κ1) is 18.9. The average molecular weight is 394 g/mol. The van der Waals surface area contributed by atoms with Gasteiger partial charge in [-0.25, -0.2) is 8.42 Å². The van der Waals surface area contributed by atoms with E-state index in [-0.39, 0.29) is 30.8 Å². The van der Waals surface area contributed by atoms with Crippen LogP contribution in [-0.2, 0) is 21.2 Å². The Balaban J connectivity index is 1.77. The van der Waals surface area contributed by atoms with Crippen molar-refractivity contribution in [1.82, 2.24) is 4.31 Å². The van der Waals surface area contributed by atoms with Crippen LogP contribution in [0.3, 0.4) is 0 Å². The maximum atomic E-state index is 12.7. The van der Waals surface area contributed by atoms with E-state index in [4.69, 9.17) is 11.6 Å². The largest absolute Gasteiger partial charge is 0.481 e. The zero-order valence-corrected chi connectivity index (χ0v) is 15.7. The SMILES string of the molecule is O=C(O)C1(Cc2ccc(Cl)cc2)CCN(S(=O)(=O)c2ccccc2)CC1. The lowest BCUT2D eigenvalue weighted by molar-refractivity contribution is -0.151. The standard InChI is InChI=1S/C19H20ClNO4S/c20-16-8-6-15(7-9-16)14-19(18(22)23)10-12-21(13-11-19)26(24,25)17-4-2-1-3-5-17/h1-9H,10-14H2,(H,22,23). The van der Waals surface area contributed by atoms with Gasteiger partial charge in [-0.1, -0.05) is 41.9 Å². The van der Waals surface area contributed by atoms with Gasteiger partial charge >= 0.3 is 5.97 Å². The maximum Gasteiger partial charge on any atom is 0.310 e. The van der Waals surface area contributed by atoms with E-state index in [1.54, 1.807) is 42.5 Å². The Morgan fingerprint density at radius 3 is 2.15 bits per heavy atom. The molecule has 0 aromatic heterocycles. The van der Waals surface area contributed by atoms with Crippen LogP contribution in [0.25, 0.3) is 0 Å². The third-order valence-electron chi connectivity index (χ3n) is 4.97. The minimum Gasteiger partial charge on any atom is -0.481 e. The zero-order chi connectivity index (χ0) is 18.8. The molecule has 2 aromatic rings. The van der Waals surface area contributed by atoms with Crippen LogP contribution < -0.4 is 0 Å². The molecule has 1 heterocycles. The van der Waals surface area contributed by atoms with E-state index in [1.807, 2.05) is 12.1 Å². The van der Waals surface area contributed by atoms with Crippen LogP contribution in [0.15, 0.2) is 59.5 Å². The number of nitrogens with zero attached hydrogens (tertiary/aromatic N) is 1. The molecule has 1 saturated heterocycles. The van der Waals surface area contributed by atoms with Crippen molar-refractivity contribution in [2.45, 2.75) is 24.2 Å². The number of hydrogen-bond acceptors (Lipinski definition) is 3. The Labute approximate surface area is 158 Å². The topological polar surface area (TPSA) is 74.7 Å². The lowest BCUT2D eigenvalue weighted by Crippen LogP contribution is -2.47. The van der Waals surface area contributed by atoms with E-state index in [0.29, 0.717) is 11.4 Å². The number of rotatable bonds is 5. The summed E-state index contributed by atoms with van der Waals surface area (Å²) in [7, 11) is -3.59. The number of aliphatic carboxylic acids is 1. The van der Waals surface area contributed by atoms with Crippen molar-refractivity contribution in [2.24, 2.45) is 5.41 Å². The molecule has 1 N–H and O–H groups in total. The van der Waals surface area contributed by atoms with Crippen LogP contribution in [0.4, 0.5) is 0 Å². The molecule has 5 nitrogen and oxygen atoms in total. The van der Waals surface area contributed by atoms with Gasteiger partial charge in [-0.2, -0.15) is 4.31 Å². The van der Waals surface area contributed by atoms with Crippen molar-refractivity contribution in [2.75, 3.05) is 13.1 Å². The van der Waals surface area contributed by atoms with Crippen LogP contribution in [0.5, 0.6) is 0 Å². The van der Waals surface area contributed by atoms with Crippen molar-refractivity contribution >= 4 is 27.6 Å². The molecule has 26 heavy (non-hydrogen) atoms. The van der Waals surface area contributed by atoms with Crippen molar-refractivity contribution in [3.05, 3.63) is 65.2 Å². The lowest BCUT2D eigenvalue weighted by Gasteiger charge is -2.38. The van der Waals surface area contributed by atoms with Gasteiger partial charge in [-0.05, 0) is 49.1 Å². The van der Waals surface area contributed by atoms with Gasteiger partial charge in [0, 0.05) is 18.1 Å². The van der Waals surface area contributed by atoms with E-state index in [9.17, 15) is 18.3 Å². The fraction of sp³-hybridized carbons (Fsp3) is 0.316. The Morgan fingerprint density at radius 2 is 1.62 bits per heavy atom. The van der Waals surface area contributed by atoms with Crippen LogP contribution in [0, 0.1) is 5.41 Å². The van der Waals surface area contributed by atoms with Gasteiger partial charge in [0.2, 0.25) is 10.0 Å². The molecule has 2 aromatic carbocycles. The van der Waals surface area contributed by atoms with Gasteiger partial charge in [0.15, 0.2) is 0 Å². The Morgan fingerprint density at radius 1 is 1.04 bits per heavy atom. The minimum absolute atomic E-state index is 0.192. The molecule has 0 radical (unpaired) electrons. The fourth-order valence-corrected chi connectivity index (χ4v) is 4.94. The van der Waals surface area contributed by atoms with Crippen LogP contribution >= 0.6 is 11.6 Å². The highest BCUT2D eigenvalue weighted by atomic mass is 35.5. The van der Waals surface area contributed by atoms with Gasteiger partial charge in [0.1, 0.15) is 0 Å². The molecular formula is C19H20ClNO4S. The first-order chi connectivity index (χ1) is 12.3. The second kappa shape index (κ2) is 7.39. The van der Waals surface area contributed by atoms with Crippen molar-refractivity contribution < 1.29 is 18.3 Å². The van der Waals surface area contributed by atoms with E-state index >= 15 is 0 Å². The smallest absolute Gasteiger partial charge is 0.310 e. The fourth-order valence-electron chi connectivity index (χ4n) is 3.36. The van der Waals surface area contributed by atoms with E-state index in [2.05, 4.69) is 0 Å². The first-order valence-electron chi connectivity index (χ1n) is 8.37. The van der Waals surface area contributed by atoms with Crippen molar-refractivity contribution in [3.8, 4) is 0 Å². The monoisotopic (exact) mass is 393 g/mol. The molecule has 138 valence electrons. The highest BCUT2D eigenvalue weighted by molar-refractivity contribution is 7.89. The molecule has 3 rings (SSSR count). The number of carboxylic acids is 1. The molecule has 0 spiro atoms. The molecule has 0 bridgehead atoms. The predicted octanol–water partition coefficient (Wildman–Crippen LogP) is 3.44. The summed E-state index contributed by atoms with van der Waals surface area (Å²) in [4.78, 5) is 12.2. The normalized spacial score (nSPS) is 17.7. The van der Waals surface area contributed by atoms with E-state index in [0.717, 1.165) is 5.56 Å². The predicted molar refractivity (Wildman–Crippen MR) is 99.7 cm³/mol. The Bertz CT molecular complexity index is 874. The molecule has 1 aliphatic rings. The number of piperidine rings is 1. The number of hydrogen-bond donors (Lipinski definition) is 1. The van der Waals surface area contributed by atoms with Gasteiger partial charge in [0.05, 0.1) is 10.3 Å². The molecule has 0 atom stereocenters. The molecule has 0 unspecified atom stereocenters. The number of sulfonamides is 1. The molecule has 0 aliphatic carbocycles. The zero-order valence-electron chi connectivity index (χ0n) is 14.1. The maximum absolute atomic E-state index is 12.7. The third-order valence-corrected chi connectivity index (χ3v) is 7.13. The van der Waals surface area contributed by atoms with E-state index < -0.39 is 21.4 Å². The molecule has 1 fully saturated rings. The third kappa shape index (κ3) is 3.77. The van der Waals surface area contributed by atoms with Gasteiger partial charge in [-0.3, -0.25) is 4.79 Å². The summed E-state index contributed by atoms with van der Waals surface area (Å²) in [5.41, 5.74) is -0.0764. The second-order valence-electron chi connectivity index (χ2n) is 6.61. The molecule has 1 aliphatic heterocycles. The van der Waals surface area contributed by atoms with E-state index in [1.165, 1.54) is 4.31 Å². The summed E-state index contributed by atoms with van der Waals surface area (Å²) in [6.45, 7) is 0.383. The van der Waals surface area contributed by atoms with Gasteiger partial charge < -0.3 is 5.11 Å².